The highest BCUT2D eigenvalue weighted by Crippen LogP contribution is 2.27. The number of anilines is 1. The molecule has 0 saturated carbocycles. The van der Waals surface area contributed by atoms with Crippen LogP contribution in [-0.4, -0.2) is 11.5 Å². The monoisotopic (exact) mass is 282 g/mol. The van der Waals surface area contributed by atoms with E-state index in [1.165, 1.54) is 21.4 Å². The van der Waals surface area contributed by atoms with E-state index in [2.05, 4.69) is 66.6 Å². The molecule has 0 radical (unpaired) electrons. The highest BCUT2D eigenvalue weighted by atomic mass is 32.1. The van der Waals surface area contributed by atoms with E-state index >= 15 is 0 Å². The third-order valence-electron chi connectivity index (χ3n) is 3.39. The van der Waals surface area contributed by atoms with Crippen LogP contribution in [-0.2, 0) is 6.42 Å². The normalized spacial score (nSPS) is 10.9. The number of nitrogens with zero attached hydrogens (tertiary/aromatic N) is 1. The molecule has 1 aromatic heterocycles. The summed E-state index contributed by atoms with van der Waals surface area (Å²) in [6.07, 6.45) is 1.02. The first-order valence-corrected chi connectivity index (χ1v) is 7.69. The zero-order valence-corrected chi connectivity index (χ0v) is 12.6. The van der Waals surface area contributed by atoms with Crippen LogP contribution in [0.5, 0.6) is 0 Å². The molecule has 2 aromatic carbocycles. The van der Waals surface area contributed by atoms with E-state index in [4.69, 9.17) is 0 Å². The minimum absolute atomic E-state index is 0.919. The molecule has 0 unspecified atom stereocenters. The molecule has 0 saturated heterocycles. The van der Waals surface area contributed by atoms with Crippen LogP contribution < -0.4 is 5.32 Å². The van der Waals surface area contributed by atoms with Gasteiger partial charge in [0.1, 0.15) is 0 Å². The van der Waals surface area contributed by atoms with Gasteiger partial charge >= 0.3 is 0 Å². The summed E-state index contributed by atoms with van der Waals surface area (Å²) in [4.78, 5) is 4.67. The molecule has 3 rings (SSSR count). The maximum Gasteiger partial charge on any atom is 0.183 e. The quantitative estimate of drug-likeness (QED) is 0.758. The first kappa shape index (κ1) is 13.1. The molecular weight excluding hydrogens is 264 g/mol. The minimum Gasteiger partial charge on any atom is -0.361 e. The molecule has 0 aliphatic rings. The average molecular weight is 282 g/mol. The summed E-state index contributed by atoms with van der Waals surface area (Å²) in [7, 11) is 0. The molecule has 102 valence electrons. The molecule has 3 aromatic rings. The molecule has 3 heteroatoms. The van der Waals surface area contributed by atoms with E-state index in [0.717, 1.165) is 23.6 Å². The van der Waals surface area contributed by atoms with Gasteiger partial charge < -0.3 is 5.32 Å². The van der Waals surface area contributed by atoms with E-state index < -0.39 is 0 Å². The fourth-order valence-electron chi connectivity index (χ4n) is 2.34. The Hall–Kier alpha value is -1.87. The number of aromatic nitrogens is 1. The molecule has 0 amide bonds. The second-order valence-electron chi connectivity index (χ2n) is 5.11. The minimum atomic E-state index is 0.919. The van der Waals surface area contributed by atoms with E-state index in [9.17, 15) is 0 Å². The van der Waals surface area contributed by atoms with Gasteiger partial charge in [0, 0.05) is 6.54 Å². The first-order valence-electron chi connectivity index (χ1n) is 6.88. The van der Waals surface area contributed by atoms with E-state index in [0.29, 0.717) is 0 Å². The van der Waals surface area contributed by atoms with Gasteiger partial charge in [0.25, 0.3) is 0 Å². The fourth-order valence-corrected chi connectivity index (χ4v) is 3.31. The molecule has 0 atom stereocenters. The second kappa shape index (κ2) is 5.63. The highest BCUT2D eigenvalue weighted by molar-refractivity contribution is 7.22. The molecule has 1 N–H and O–H groups in total. The predicted octanol–water partition coefficient (Wildman–Crippen LogP) is 4.57. The number of hydrogen-bond donors (Lipinski definition) is 1. The SMILES string of the molecule is Cc1cccc(CCNc2nc3c(C)cccc3s2)c1. The van der Waals surface area contributed by atoms with Crippen LogP contribution >= 0.6 is 11.3 Å². The molecular formula is C17H18N2S. The predicted molar refractivity (Wildman–Crippen MR) is 87.7 cm³/mol. The average Bonchev–Trinajstić information content (AvgIpc) is 2.83. The van der Waals surface area contributed by atoms with Crippen LogP contribution in [0.1, 0.15) is 16.7 Å². The lowest BCUT2D eigenvalue weighted by Gasteiger charge is -2.03. The Morgan fingerprint density at radius 3 is 2.75 bits per heavy atom. The van der Waals surface area contributed by atoms with Crippen LogP contribution in [0.25, 0.3) is 10.2 Å². The lowest BCUT2D eigenvalue weighted by molar-refractivity contribution is 1.01. The number of thiazole rings is 1. The van der Waals surface area contributed by atoms with Crippen LogP contribution in [0.2, 0.25) is 0 Å². The Labute approximate surface area is 123 Å². The summed E-state index contributed by atoms with van der Waals surface area (Å²) in [5.41, 5.74) is 5.05. The highest BCUT2D eigenvalue weighted by Gasteiger charge is 2.05. The van der Waals surface area contributed by atoms with Crippen molar-refractivity contribution in [2.75, 3.05) is 11.9 Å². The van der Waals surface area contributed by atoms with E-state index in [1.807, 2.05) is 0 Å². The van der Waals surface area contributed by atoms with Gasteiger partial charge in [-0.25, -0.2) is 4.98 Å². The maximum absolute atomic E-state index is 4.67. The Bertz CT molecular complexity index is 731. The van der Waals surface area contributed by atoms with Crippen LogP contribution in [0.4, 0.5) is 5.13 Å². The van der Waals surface area contributed by atoms with Crippen molar-refractivity contribution >= 4 is 26.7 Å². The summed E-state index contributed by atoms with van der Waals surface area (Å²) in [5, 5.41) is 4.45. The molecule has 0 aliphatic carbocycles. The fraction of sp³-hybridized carbons (Fsp3) is 0.235. The van der Waals surface area contributed by atoms with E-state index in [-0.39, 0.29) is 0 Å². The molecule has 0 aliphatic heterocycles. The summed E-state index contributed by atoms with van der Waals surface area (Å²) in [6, 6.07) is 15.0. The van der Waals surface area contributed by atoms with Crippen molar-refractivity contribution in [3.8, 4) is 0 Å². The second-order valence-corrected chi connectivity index (χ2v) is 6.14. The molecule has 0 bridgehead atoms. The number of benzene rings is 2. The van der Waals surface area contributed by atoms with Crippen molar-refractivity contribution in [3.05, 3.63) is 59.2 Å². The Morgan fingerprint density at radius 2 is 1.95 bits per heavy atom. The van der Waals surface area contributed by atoms with Crippen molar-refractivity contribution in [2.45, 2.75) is 20.3 Å². The van der Waals surface area contributed by atoms with Gasteiger partial charge in [-0.2, -0.15) is 0 Å². The largest absolute Gasteiger partial charge is 0.361 e. The Balaban J connectivity index is 1.67. The van der Waals surface area contributed by atoms with Crippen LogP contribution in [0, 0.1) is 13.8 Å². The van der Waals surface area contributed by atoms with Crippen molar-refractivity contribution < 1.29 is 0 Å². The molecule has 0 spiro atoms. The smallest absolute Gasteiger partial charge is 0.183 e. The summed E-state index contributed by atoms with van der Waals surface area (Å²) < 4.78 is 1.25. The molecule has 20 heavy (non-hydrogen) atoms. The number of rotatable bonds is 4. The van der Waals surface area contributed by atoms with Crippen LogP contribution in [0.15, 0.2) is 42.5 Å². The van der Waals surface area contributed by atoms with Gasteiger partial charge in [0.2, 0.25) is 0 Å². The maximum atomic E-state index is 4.67. The summed E-state index contributed by atoms with van der Waals surface area (Å²) in [5.74, 6) is 0. The summed E-state index contributed by atoms with van der Waals surface area (Å²) in [6.45, 7) is 5.16. The molecule has 2 nitrogen and oxygen atoms in total. The van der Waals surface area contributed by atoms with Crippen molar-refractivity contribution in [2.24, 2.45) is 0 Å². The number of nitrogens with one attached hydrogen (secondary N) is 1. The topological polar surface area (TPSA) is 24.9 Å². The van der Waals surface area contributed by atoms with Gasteiger partial charge in [-0.15, -0.1) is 0 Å². The first-order chi connectivity index (χ1) is 9.72. The third-order valence-corrected chi connectivity index (χ3v) is 4.37. The van der Waals surface area contributed by atoms with Gasteiger partial charge in [0.05, 0.1) is 10.2 Å². The Morgan fingerprint density at radius 1 is 1.10 bits per heavy atom. The van der Waals surface area contributed by atoms with E-state index in [1.54, 1.807) is 11.3 Å². The van der Waals surface area contributed by atoms with Crippen molar-refractivity contribution in [3.63, 3.8) is 0 Å². The van der Waals surface area contributed by atoms with Gasteiger partial charge in [-0.05, 0) is 37.5 Å². The summed E-state index contributed by atoms with van der Waals surface area (Å²) >= 11 is 1.73. The number of hydrogen-bond acceptors (Lipinski definition) is 3. The van der Waals surface area contributed by atoms with Gasteiger partial charge in [-0.1, -0.05) is 53.3 Å². The number of fused-ring (bicyclic) bond motifs is 1. The zero-order valence-electron chi connectivity index (χ0n) is 11.8. The Kier molecular flexibility index (Phi) is 3.70. The van der Waals surface area contributed by atoms with Gasteiger partial charge in [0.15, 0.2) is 5.13 Å². The van der Waals surface area contributed by atoms with Gasteiger partial charge in [-0.3, -0.25) is 0 Å². The molecule has 1 heterocycles. The standard InChI is InChI=1S/C17H18N2S/c1-12-5-3-7-14(11-12)9-10-18-17-19-16-13(2)6-4-8-15(16)20-17/h3-8,11H,9-10H2,1-2H3,(H,18,19). The van der Waals surface area contributed by atoms with Crippen LogP contribution in [0.3, 0.4) is 0 Å². The lowest BCUT2D eigenvalue weighted by atomic mass is 10.1. The van der Waals surface area contributed by atoms with Crippen molar-refractivity contribution in [1.29, 1.82) is 0 Å². The number of aryl methyl sites for hydroxylation is 2. The lowest BCUT2D eigenvalue weighted by Crippen LogP contribution is -2.04. The van der Waals surface area contributed by atoms with Crippen molar-refractivity contribution in [1.82, 2.24) is 4.98 Å². The zero-order chi connectivity index (χ0) is 13.9. The number of para-hydroxylation sites is 1. The third kappa shape index (κ3) is 2.83. The molecule has 0 fully saturated rings.